The van der Waals surface area contributed by atoms with Crippen molar-refractivity contribution < 1.29 is 4.74 Å². The molecular formula is C14H15N3O. The number of nitrogens with one attached hydrogen (secondary N) is 1. The van der Waals surface area contributed by atoms with Crippen molar-refractivity contribution in [2.75, 3.05) is 0 Å². The summed E-state index contributed by atoms with van der Waals surface area (Å²) in [5.41, 5.74) is 1.18. The quantitative estimate of drug-likeness (QED) is 0.873. The molecule has 0 aromatic carbocycles. The zero-order chi connectivity index (χ0) is 12.2. The van der Waals surface area contributed by atoms with E-state index in [1.165, 1.54) is 18.4 Å². The smallest absolute Gasteiger partial charge is 0.219 e. The summed E-state index contributed by atoms with van der Waals surface area (Å²) in [6.45, 7) is 0.880. The Labute approximate surface area is 106 Å². The number of ether oxygens (including phenoxy) is 1. The minimum Gasteiger partial charge on any atom is -0.437 e. The molecule has 0 saturated heterocycles. The van der Waals surface area contributed by atoms with Crippen LogP contribution in [0.1, 0.15) is 18.4 Å². The molecule has 4 heteroatoms. The van der Waals surface area contributed by atoms with Crippen LogP contribution in [-0.4, -0.2) is 16.0 Å². The molecule has 0 amide bonds. The first-order valence-electron chi connectivity index (χ1n) is 6.16. The largest absolute Gasteiger partial charge is 0.437 e. The van der Waals surface area contributed by atoms with Crippen molar-refractivity contribution in [2.24, 2.45) is 0 Å². The first-order chi connectivity index (χ1) is 8.90. The Balaban J connectivity index is 1.59. The van der Waals surface area contributed by atoms with Crippen molar-refractivity contribution in [2.45, 2.75) is 25.4 Å². The normalized spacial score (nSPS) is 14.4. The number of nitrogens with zero attached hydrogens (tertiary/aromatic N) is 2. The van der Waals surface area contributed by atoms with Crippen molar-refractivity contribution in [3.63, 3.8) is 0 Å². The number of hydrogen-bond acceptors (Lipinski definition) is 4. The molecular weight excluding hydrogens is 226 g/mol. The maximum Gasteiger partial charge on any atom is 0.219 e. The van der Waals surface area contributed by atoms with Crippen LogP contribution in [0.25, 0.3) is 0 Å². The lowest BCUT2D eigenvalue weighted by Gasteiger charge is -2.05. The summed E-state index contributed by atoms with van der Waals surface area (Å²) in [7, 11) is 0. The molecule has 2 aromatic rings. The lowest BCUT2D eigenvalue weighted by Crippen LogP contribution is -2.15. The predicted octanol–water partition coefficient (Wildman–Crippen LogP) is 2.52. The highest BCUT2D eigenvalue weighted by atomic mass is 16.5. The third-order valence-electron chi connectivity index (χ3n) is 2.83. The van der Waals surface area contributed by atoms with Crippen molar-refractivity contribution in [1.82, 2.24) is 15.3 Å². The molecule has 2 heterocycles. The van der Waals surface area contributed by atoms with E-state index in [9.17, 15) is 0 Å². The number of hydrogen-bond donors (Lipinski definition) is 1. The zero-order valence-electron chi connectivity index (χ0n) is 10.0. The van der Waals surface area contributed by atoms with Gasteiger partial charge in [-0.3, -0.25) is 4.98 Å². The first kappa shape index (κ1) is 11.2. The van der Waals surface area contributed by atoms with Gasteiger partial charge in [0.2, 0.25) is 5.88 Å². The van der Waals surface area contributed by atoms with E-state index in [2.05, 4.69) is 15.3 Å². The van der Waals surface area contributed by atoms with E-state index in [-0.39, 0.29) is 0 Å². The number of pyridine rings is 2. The van der Waals surface area contributed by atoms with Crippen molar-refractivity contribution in [3.05, 3.63) is 48.4 Å². The summed E-state index contributed by atoms with van der Waals surface area (Å²) in [6, 6.07) is 8.34. The van der Waals surface area contributed by atoms with Crippen LogP contribution in [0.4, 0.5) is 0 Å². The molecule has 0 spiro atoms. The molecule has 0 bridgehead atoms. The molecule has 1 saturated carbocycles. The molecule has 3 rings (SSSR count). The summed E-state index contributed by atoms with van der Waals surface area (Å²) in [6.07, 6.45) is 7.84. The maximum absolute atomic E-state index is 5.58. The molecule has 92 valence electrons. The lowest BCUT2D eigenvalue weighted by molar-refractivity contribution is 0.460. The van der Waals surface area contributed by atoms with Crippen molar-refractivity contribution >= 4 is 0 Å². The molecule has 1 aliphatic rings. The van der Waals surface area contributed by atoms with E-state index in [0.29, 0.717) is 11.6 Å². The van der Waals surface area contributed by atoms with Crippen LogP contribution < -0.4 is 10.1 Å². The van der Waals surface area contributed by atoms with Crippen LogP contribution in [0.2, 0.25) is 0 Å². The van der Waals surface area contributed by atoms with Crippen LogP contribution in [0.3, 0.4) is 0 Å². The molecule has 1 fully saturated rings. The van der Waals surface area contributed by atoms with Crippen LogP contribution in [0.15, 0.2) is 42.9 Å². The van der Waals surface area contributed by atoms with Gasteiger partial charge in [-0.2, -0.15) is 0 Å². The van der Waals surface area contributed by atoms with Crippen LogP contribution in [0.5, 0.6) is 11.6 Å². The average Bonchev–Trinajstić information content (AvgIpc) is 3.23. The minimum absolute atomic E-state index is 0.596. The van der Waals surface area contributed by atoms with Crippen LogP contribution in [-0.2, 0) is 6.54 Å². The molecule has 4 nitrogen and oxygen atoms in total. The van der Waals surface area contributed by atoms with Gasteiger partial charge in [-0.15, -0.1) is 0 Å². The fraction of sp³-hybridized carbons (Fsp3) is 0.286. The fourth-order valence-electron chi connectivity index (χ4n) is 1.65. The zero-order valence-corrected chi connectivity index (χ0v) is 10.0. The van der Waals surface area contributed by atoms with E-state index >= 15 is 0 Å². The molecule has 1 aliphatic carbocycles. The Hall–Kier alpha value is -1.94. The van der Waals surface area contributed by atoms with E-state index < -0.39 is 0 Å². The second kappa shape index (κ2) is 5.14. The topological polar surface area (TPSA) is 47.0 Å². The highest BCUT2D eigenvalue weighted by Crippen LogP contribution is 2.20. The van der Waals surface area contributed by atoms with Gasteiger partial charge in [0, 0.05) is 31.0 Å². The molecule has 0 unspecified atom stereocenters. The summed E-state index contributed by atoms with van der Waals surface area (Å²) in [5.74, 6) is 1.30. The summed E-state index contributed by atoms with van der Waals surface area (Å²) < 4.78 is 5.58. The van der Waals surface area contributed by atoms with Gasteiger partial charge in [0.1, 0.15) is 5.75 Å². The van der Waals surface area contributed by atoms with E-state index in [1.54, 1.807) is 12.4 Å². The predicted molar refractivity (Wildman–Crippen MR) is 68.4 cm³/mol. The van der Waals surface area contributed by atoms with Gasteiger partial charge in [0.05, 0.1) is 6.20 Å². The van der Waals surface area contributed by atoms with E-state index in [4.69, 9.17) is 4.74 Å². The monoisotopic (exact) mass is 241 g/mol. The van der Waals surface area contributed by atoms with Crippen LogP contribution >= 0.6 is 0 Å². The molecule has 1 N–H and O–H groups in total. The SMILES string of the molecule is c1cncc(Oc2ccc(CNC3CC3)cn2)c1. The van der Waals surface area contributed by atoms with E-state index in [0.717, 1.165) is 12.6 Å². The summed E-state index contributed by atoms with van der Waals surface area (Å²) in [5, 5.41) is 3.45. The minimum atomic E-state index is 0.596. The fourth-order valence-corrected chi connectivity index (χ4v) is 1.65. The van der Waals surface area contributed by atoms with Gasteiger partial charge in [-0.05, 0) is 30.5 Å². The Bertz CT molecular complexity index is 494. The number of rotatable bonds is 5. The van der Waals surface area contributed by atoms with Gasteiger partial charge >= 0.3 is 0 Å². The van der Waals surface area contributed by atoms with Gasteiger partial charge < -0.3 is 10.1 Å². The van der Waals surface area contributed by atoms with Gasteiger partial charge in [-0.1, -0.05) is 6.07 Å². The first-order valence-corrected chi connectivity index (χ1v) is 6.16. The third kappa shape index (κ3) is 3.05. The molecule has 0 radical (unpaired) electrons. The van der Waals surface area contributed by atoms with Gasteiger partial charge in [0.25, 0.3) is 0 Å². The number of aromatic nitrogens is 2. The maximum atomic E-state index is 5.58. The Morgan fingerprint density at radius 2 is 2.17 bits per heavy atom. The molecule has 0 atom stereocenters. The van der Waals surface area contributed by atoms with E-state index in [1.807, 2.05) is 30.5 Å². The van der Waals surface area contributed by atoms with Crippen LogP contribution in [0, 0.1) is 0 Å². The Kier molecular flexibility index (Phi) is 3.19. The second-order valence-electron chi connectivity index (χ2n) is 4.45. The molecule has 2 aromatic heterocycles. The lowest BCUT2D eigenvalue weighted by atomic mass is 10.3. The average molecular weight is 241 g/mol. The van der Waals surface area contributed by atoms with Crippen molar-refractivity contribution in [1.29, 1.82) is 0 Å². The standard InChI is InChI=1S/C14H15N3O/c1-2-13(10-15-7-1)18-14-6-3-11(9-17-14)8-16-12-4-5-12/h1-3,6-7,9-10,12,16H,4-5,8H2. The highest BCUT2D eigenvalue weighted by molar-refractivity contribution is 5.25. The Morgan fingerprint density at radius 3 is 2.83 bits per heavy atom. The highest BCUT2D eigenvalue weighted by Gasteiger charge is 2.19. The molecule has 18 heavy (non-hydrogen) atoms. The van der Waals surface area contributed by atoms with Gasteiger partial charge in [-0.25, -0.2) is 4.98 Å². The molecule has 0 aliphatic heterocycles. The summed E-state index contributed by atoms with van der Waals surface area (Å²) >= 11 is 0. The Morgan fingerprint density at radius 1 is 1.22 bits per heavy atom. The van der Waals surface area contributed by atoms with Gasteiger partial charge in [0.15, 0.2) is 0 Å². The third-order valence-corrected chi connectivity index (χ3v) is 2.83. The second-order valence-corrected chi connectivity index (χ2v) is 4.45. The summed E-state index contributed by atoms with van der Waals surface area (Å²) in [4.78, 5) is 8.27. The van der Waals surface area contributed by atoms with Crippen molar-refractivity contribution in [3.8, 4) is 11.6 Å².